The van der Waals surface area contributed by atoms with E-state index in [-0.39, 0.29) is 0 Å². The standard InChI is InChI=1S/C11H11BrOS/c1-11(2,13)8-6-14-10-7(8)4-3-5-9(10)12/h3-6,13H,1-2H3. The molecule has 0 aliphatic rings. The molecule has 0 atom stereocenters. The van der Waals surface area contributed by atoms with Gasteiger partial charge in [0.2, 0.25) is 0 Å². The Hall–Kier alpha value is -0.380. The van der Waals surface area contributed by atoms with Gasteiger partial charge >= 0.3 is 0 Å². The summed E-state index contributed by atoms with van der Waals surface area (Å²) < 4.78 is 2.29. The van der Waals surface area contributed by atoms with Crippen molar-refractivity contribution in [3.05, 3.63) is 33.6 Å². The number of fused-ring (bicyclic) bond motifs is 1. The number of hydrogen-bond donors (Lipinski definition) is 1. The fourth-order valence-electron chi connectivity index (χ4n) is 1.50. The third-order valence-electron chi connectivity index (χ3n) is 2.21. The molecule has 0 radical (unpaired) electrons. The average molecular weight is 271 g/mol. The summed E-state index contributed by atoms with van der Waals surface area (Å²) in [6, 6.07) is 6.06. The van der Waals surface area contributed by atoms with E-state index in [0.29, 0.717) is 0 Å². The molecule has 3 heteroatoms. The maximum atomic E-state index is 9.96. The first kappa shape index (κ1) is 10.1. The fraction of sp³-hybridized carbons (Fsp3) is 0.273. The van der Waals surface area contributed by atoms with Crippen molar-refractivity contribution in [1.82, 2.24) is 0 Å². The second kappa shape index (κ2) is 3.33. The van der Waals surface area contributed by atoms with E-state index in [1.807, 2.05) is 37.4 Å². The van der Waals surface area contributed by atoms with Crippen LogP contribution in [0.5, 0.6) is 0 Å². The van der Waals surface area contributed by atoms with E-state index in [1.54, 1.807) is 11.3 Å². The van der Waals surface area contributed by atoms with Crippen LogP contribution in [0.2, 0.25) is 0 Å². The minimum Gasteiger partial charge on any atom is -0.386 e. The number of thiophene rings is 1. The molecule has 14 heavy (non-hydrogen) atoms. The molecule has 1 aromatic heterocycles. The zero-order valence-corrected chi connectivity index (χ0v) is 10.4. The van der Waals surface area contributed by atoms with Gasteiger partial charge in [0.05, 0.1) is 5.60 Å². The summed E-state index contributed by atoms with van der Waals surface area (Å²) in [5.41, 5.74) is 0.234. The molecule has 0 aliphatic carbocycles. The summed E-state index contributed by atoms with van der Waals surface area (Å²) in [6.07, 6.45) is 0. The Bertz CT molecular complexity index is 468. The van der Waals surface area contributed by atoms with Gasteiger partial charge in [0.25, 0.3) is 0 Å². The van der Waals surface area contributed by atoms with Gasteiger partial charge in [-0.25, -0.2) is 0 Å². The van der Waals surface area contributed by atoms with Crippen LogP contribution in [0, 0.1) is 0 Å². The third kappa shape index (κ3) is 1.60. The molecule has 0 fully saturated rings. The Balaban J connectivity index is 2.76. The predicted octanol–water partition coefficient (Wildman–Crippen LogP) is 3.89. The third-order valence-corrected chi connectivity index (χ3v) is 4.16. The van der Waals surface area contributed by atoms with Crippen LogP contribution in [0.4, 0.5) is 0 Å². The van der Waals surface area contributed by atoms with Crippen LogP contribution in [-0.2, 0) is 5.60 Å². The van der Waals surface area contributed by atoms with Gasteiger partial charge < -0.3 is 5.11 Å². The first-order chi connectivity index (χ1) is 6.50. The van der Waals surface area contributed by atoms with Crippen molar-refractivity contribution in [2.75, 3.05) is 0 Å². The van der Waals surface area contributed by atoms with E-state index in [1.165, 1.54) is 4.70 Å². The van der Waals surface area contributed by atoms with Gasteiger partial charge in [-0.2, -0.15) is 0 Å². The number of benzene rings is 1. The normalized spacial score (nSPS) is 12.3. The molecule has 2 rings (SSSR count). The highest BCUT2D eigenvalue weighted by Gasteiger charge is 2.20. The van der Waals surface area contributed by atoms with Crippen molar-refractivity contribution >= 4 is 37.4 Å². The number of rotatable bonds is 1. The number of halogens is 1. The van der Waals surface area contributed by atoms with Crippen molar-refractivity contribution in [2.45, 2.75) is 19.4 Å². The van der Waals surface area contributed by atoms with Crippen LogP contribution >= 0.6 is 27.3 Å². The van der Waals surface area contributed by atoms with Crippen LogP contribution in [-0.4, -0.2) is 5.11 Å². The smallest absolute Gasteiger partial charge is 0.0854 e. The van der Waals surface area contributed by atoms with Crippen molar-refractivity contribution in [2.24, 2.45) is 0 Å². The van der Waals surface area contributed by atoms with Gasteiger partial charge in [-0.15, -0.1) is 11.3 Å². The average Bonchev–Trinajstić information content (AvgIpc) is 2.47. The van der Waals surface area contributed by atoms with Gasteiger partial charge in [-0.05, 0) is 46.6 Å². The molecule has 0 saturated carbocycles. The molecule has 0 amide bonds. The Morgan fingerprint density at radius 3 is 2.71 bits per heavy atom. The summed E-state index contributed by atoms with van der Waals surface area (Å²) in [7, 11) is 0. The highest BCUT2D eigenvalue weighted by Crippen LogP contribution is 2.36. The maximum Gasteiger partial charge on any atom is 0.0854 e. The molecular formula is C11H11BrOS. The fourth-order valence-corrected chi connectivity index (χ4v) is 3.28. The van der Waals surface area contributed by atoms with Crippen molar-refractivity contribution in [1.29, 1.82) is 0 Å². The lowest BCUT2D eigenvalue weighted by molar-refractivity contribution is 0.0806. The Labute approximate surface area is 95.5 Å². The highest BCUT2D eigenvalue weighted by molar-refractivity contribution is 9.10. The maximum absolute atomic E-state index is 9.96. The molecular weight excluding hydrogens is 260 g/mol. The van der Waals surface area contributed by atoms with Gasteiger partial charge in [-0.3, -0.25) is 0 Å². The monoisotopic (exact) mass is 270 g/mol. The minimum absolute atomic E-state index is 0.765. The summed E-state index contributed by atoms with van der Waals surface area (Å²) in [5.74, 6) is 0. The van der Waals surface area contributed by atoms with E-state index in [4.69, 9.17) is 0 Å². The summed E-state index contributed by atoms with van der Waals surface area (Å²) in [4.78, 5) is 0. The summed E-state index contributed by atoms with van der Waals surface area (Å²) in [6.45, 7) is 3.63. The molecule has 1 N–H and O–H groups in total. The lowest BCUT2D eigenvalue weighted by Crippen LogP contribution is -2.14. The zero-order chi connectivity index (χ0) is 10.3. The topological polar surface area (TPSA) is 20.2 Å². The zero-order valence-electron chi connectivity index (χ0n) is 8.04. The molecule has 74 valence electrons. The minimum atomic E-state index is -0.765. The van der Waals surface area contributed by atoms with E-state index in [2.05, 4.69) is 15.9 Å². The molecule has 1 heterocycles. The van der Waals surface area contributed by atoms with Gasteiger partial charge in [0.15, 0.2) is 0 Å². The van der Waals surface area contributed by atoms with Gasteiger partial charge in [0, 0.05) is 14.7 Å². The molecule has 0 unspecified atom stereocenters. The molecule has 0 spiro atoms. The number of aliphatic hydroxyl groups is 1. The van der Waals surface area contributed by atoms with Crippen LogP contribution < -0.4 is 0 Å². The largest absolute Gasteiger partial charge is 0.386 e. The Morgan fingerprint density at radius 1 is 1.36 bits per heavy atom. The second-order valence-electron chi connectivity index (χ2n) is 3.82. The molecule has 0 bridgehead atoms. The highest BCUT2D eigenvalue weighted by atomic mass is 79.9. The van der Waals surface area contributed by atoms with Gasteiger partial charge in [0.1, 0.15) is 0 Å². The second-order valence-corrected chi connectivity index (χ2v) is 5.56. The quantitative estimate of drug-likeness (QED) is 0.834. The summed E-state index contributed by atoms with van der Waals surface area (Å²) >= 11 is 5.17. The van der Waals surface area contributed by atoms with Crippen LogP contribution in [0.25, 0.3) is 10.1 Å². The Kier molecular flexibility index (Phi) is 2.41. The number of hydrogen-bond acceptors (Lipinski definition) is 2. The van der Waals surface area contributed by atoms with Gasteiger partial charge in [-0.1, -0.05) is 12.1 Å². The molecule has 1 nitrogen and oxygen atoms in total. The first-order valence-corrected chi connectivity index (χ1v) is 6.06. The van der Waals surface area contributed by atoms with Crippen molar-refractivity contribution < 1.29 is 5.11 Å². The summed E-state index contributed by atoms with van der Waals surface area (Å²) in [5, 5.41) is 13.1. The lowest BCUT2D eigenvalue weighted by atomic mass is 9.98. The molecule has 0 aliphatic heterocycles. The Morgan fingerprint density at radius 2 is 2.07 bits per heavy atom. The SMILES string of the molecule is CC(C)(O)c1csc2c(Br)cccc12. The molecule has 0 saturated heterocycles. The predicted molar refractivity (Wildman–Crippen MR) is 64.8 cm³/mol. The van der Waals surface area contributed by atoms with Crippen LogP contribution in [0.3, 0.4) is 0 Å². The molecule has 2 aromatic rings. The lowest BCUT2D eigenvalue weighted by Gasteiger charge is -2.16. The first-order valence-electron chi connectivity index (χ1n) is 4.39. The van der Waals surface area contributed by atoms with E-state index >= 15 is 0 Å². The van der Waals surface area contributed by atoms with Crippen LogP contribution in [0.1, 0.15) is 19.4 Å². The van der Waals surface area contributed by atoms with Crippen molar-refractivity contribution in [3.63, 3.8) is 0 Å². The van der Waals surface area contributed by atoms with E-state index < -0.39 is 5.60 Å². The van der Waals surface area contributed by atoms with E-state index in [0.717, 1.165) is 15.4 Å². The molecule has 1 aromatic carbocycles. The van der Waals surface area contributed by atoms with Crippen molar-refractivity contribution in [3.8, 4) is 0 Å². The van der Waals surface area contributed by atoms with E-state index in [9.17, 15) is 5.11 Å². The van der Waals surface area contributed by atoms with Crippen LogP contribution in [0.15, 0.2) is 28.1 Å².